The van der Waals surface area contributed by atoms with Crippen LogP contribution in [0.15, 0.2) is 93.8 Å². The van der Waals surface area contributed by atoms with Gasteiger partial charge in [0.05, 0.1) is 46.6 Å². The van der Waals surface area contributed by atoms with Gasteiger partial charge in [0.2, 0.25) is 0 Å². The van der Waals surface area contributed by atoms with Crippen molar-refractivity contribution in [2.24, 2.45) is 5.10 Å². The molecule has 0 radical (unpaired) electrons. The van der Waals surface area contributed by atoms with Crippen LogP contribution in [0, 0.1) is 6.92 Å². The normalized spacial score (nSPS) is 14.5. The lowest BCUT2D eigenvalue weighted by Gasteiger charge is -2.22. The van der Waals surface area contributed by atoms with Crippen molar-refractivity contribution in [3.05, 3.63) is 110 Å². The van der Waals surface area contributed by atoms with Crippen LogP contribution >= 0.6 is 34.4 Å². The minimum atomic E-state index is -0.194. The summed E-state index contributed by atoms with van der Waals surface area (Å²) in [5.74, 6) is 0.902. The van der Waals surface area contributed by atoms with Crippen LogP contribution in [0.2, 0.25) is 0 Å². The molecule has 1 unspecified atom stereocenters. The number of rotatable bonds is 10. The van der Waals surface area contributed by atoms with Gasteiger partial charge >= 0.3 is 0 Å². The number of nitrogens with one attached hydrogen (secondary N) is 1. The maximum absolute atomic E-state index is 13.8. The molecule has 1 aliphatic rings. The van der Waals surface area contributed by atoms with Crippen LogP contribution in [-0.2, 0) is 11.3 Å². The molecule has 0 fully saturated rings. The lowest BCUT2D eigenvalue weighted by atomic mass is 10.00. The van der Waals surface area contributed by atoms with Gasteiger partial charge in [0.15, 0.2) is 11.0 Å². The van der Waals surface area contributed by atoms with E-state index in [1.807, 2.05) is 64.7 Å². The number of amides is 2. The van der Waals surface area contributed by atoms with E-state index in [9.17, 15) is 9.59 Å². The molecular formula is C31H28N6O3S3. The highest BCUT2D eigenvalue weighted by Crippen LogP contribution is 2.35. The summed E-state index contributed by atoms with van der Waals surface area (Å²) < 4.78 is 7.45. The molecule has 0 bridgehead atoms. The summed E-state index contributed by atoms with van der Waals surface area (Å²) in [6.07, 6.45) is 0.644. The van der Waals surface area contributed by atoms with Crippen molar-refractivity contribution in [1.29, 1.82) is 0 Å². The van der Waals surface area contributed by atoms with Crippen LogP contribution in [0.3, 0.4) is 0 Å². The third-order valence-electron chi connectivity index (χ3n) is 6.94. The third kappa shape index (κ3) is 6.26. The van der Waals surface area contributed by atoms with Gasteiger partial charge in [-0.15, -0.1) is 32.9 Å². The fourth-order valence-electron chi connectivity index (χ4n) is 4.79. The lowest BCUT2D eigenvalue weighted by Crippen LogP contribution is -2.28. The SMILES string of the molecule is COc1ccccc1-n1c(CNC(=O)c2cccs2)nnc1SCC(=O)N1N=C(c2cccs2)CC1c1ccc(C)cc1. The zero-order valence-electron chi connectivity index (χ0n) is 23.5. The highest BCUT2D eigenvalue weighted by molar-refractivity contribution is 7.99. The van der Waals surface area contributed by atoms with E-state index in [2.05, 4.69) is 39.8 Å². The largest absolute Gasteiger partial charge is 0.495 e. The standard InChI is InChI=1S/C31H28N6O3S3/c1-20-11-13-21(14-12-20)24-17-22(26-9-5-15-41-26)35-37(24)29(38)19-43-31-34-33-28(18-32-30(39)27-10-6-16-42-27)36(31)23-7-3-4-8-25(23)40-2/h3-16,24H,17-19H2,1-2H3,(H,32,39). The Morgan fingerprint density at radius 2 is 1.79 bits per heavy atom. The highest BCUT2D eigenvalue weighted by Gasteiger charge is 2.33. The molecule has 0 spiro atoms. The molecule has 5 aromatic rings. The van der Waals surface area contributed by atoms with Crippen molar-refractivity contribution in [1.82, 2.24) is 25.1 Å². The molecule has 0 saturated heterocycles. The first-order chi connectivity index (χ1) is 21.0. The Labute approximate surface area is 261 Å². The Hall–Kier alpha value is -4.26. The van der Waals surface area contributed by atoms with Crippen LogP contribution in [-0.4, -0.2) is 50.2 Å². The van der Waals surface area contributed by atoms with Gasteiger partial charge in [0, 0.05) is 6.42 Å². The number of thiophene rings is 2. The predicted octanol–water partition coefficient (Wildman–Crippen LogP) is 6.11. The maximum atomic E-state index is 13.8. The molecule has 2 aromatic carbocycles. The molecular weight excluding hydrogens is 601 g/mol. The number of hydrogen-bond acceptors (Lipinski definition) is 9. The number of carbonyl (C=O) groups excluding carboxylic acids is 2. The van der Waals surface area contributed by atoms with Crippen molar-refractivity contribution in [3.8, 4) is 11.4 Å². The molecule has 6 rings (SSSR count). The first-order valence-electron chi connectivity index (χ1n) is 13.5. The van der Waals surface area contributed by atoms with Gasteiger partial charge in [-0.2, -0.15) is 5.10 Å². The fraction of sp³-hybridized carbons (Fsp3) is 0.194. The lowest BCUT2D eigenvalue weighted by molar-refractivity contribution is -0.130. The summed E-state index contributed by atoms with van der Waals surface area (Å²) in [6, 6.07) is 23.2. The van der Waals surface area contributed by atoms with Crippen LogP contribution in [0.4, 0.5) is 0 Å². The number of nitrogens with zero attached hydrogens (tertiary/aromatic N) is 5. The van der Waals surface area contributed by atoms with Crippen LogP contribution in [0.25, 0.3) is 5.69 Å². The molecule has 1 atom stereocenters. The van der Waals surface area contributed by atoms with E-state index in [1.54, 1.807) is 29.5 Å². The van der Waals surface area contributed by atoms with E-state index < -0.39 is 0 Å². The zero-order valence-corrected chi connectivity index (χ0v) is 25.9. The number of hydrazone groups is 1. The fourth-order valence-corrected chi connectivity index (χ4v) is 6.97. The number of thioether (sulfide) groups is 1. The summed E-state index contributed by atoms with van der Waals surface area (Å²) in [5, 5.41) is 22.5. The molecule has 9 nitrogen and oxygen atoms in total. The number of aromatic nitrogens is 3. The number of aryl methyl sites for hydroxylation is 1. The average Bonchev–Trinajstić information content (AvgIpc) is 3.85. The Balaban J connectivity index is 1.26. The van der Waals surface area contributed by atoms with Gasteiger partial charge in [-0.1, -0.05) is 65.9 Å². The predicted molar refractivity (Wildman–Crippen MR) is 170 cm³/mol. The second-order valence-electron chi connectivity index (χ2n) is 9.75. The molecule has 2 amide bonds. The van der Waals surface area contributed by atoms with Crippen LogP contribution in [0.1, 0.15) is 44.0 Å². The summed E-state index contributed by atoms with van der Waals surface area (Å²) in [5.41, 5.74) is 3.81. The van der Waals surface area contributed by atoms with E-state index in [1.165, 1.54) is 23.1 Å². The third-order valence-corrected chi connectivity index (χ3v) is 9.64. The Morgan fingerprint density at radius 3 is 2.53 bits per heavy atom. The van der Waals surface area contributed by atoms with Crippen molar-refractivity contribution >= 4 is 52.0 Å². The summed E-state index contributed by atoms with van der Waals surface area (Å²) in [4.78, 5) is 28.1. The Morgan fingerprint density at radius 1 is 1.00 bits per heavy atom. The van der Waals surface area contributed by atoms with Crippen molar-refractivity contribution in [3.63, 3.8) is 0 Å². The minimum absolute atomic E-state index is 0.0957. The zero-order chi connectivity index (χ0) is 29.8. The molecule has 0 aliphatic carbocycles. The van der Waals surface area contributed by atoms with Gasteiger partial charge in [-0.3, -0.25) is 14.2 Å². The quantitative estimate of drug-likeness (QED) is 0.187. The van der Waals surface area contributed by atoms with E-state index in [-0.39, 0.29) is 30.2 Å². The molecule has 12 heteroatoms. The first kappa shape index (κ1) is 28.8. The van der Waals surface area contributed by atoms with Crippen LogP contribution < -0.4 is 10.1 Å². The second kappa shape index (κ2) is 12.9. The molecule has 43 heavy (non-hydrogen) atoms. The minimum Gasteiger partial charge on any atom is -0.495 e. The van der Waals surface area contributed by atoms with Gasteiger partial charge < -0.3 is 10.1 Å². The molecule has 1 N–H and O–H groups in total. The molecule has 3 aromatic heterocycles. The number of methoxy groups -OCH3 is 1. The molecule has 4 heterocycles. The molecule has 0 saturated carbocycles. The van der Waals surface area contributed by atoms with E-state index in [0.29, 0.717) is 33.7 Å². The van der Waals surface area contributed by atoms with Gasteiger partial charge in [-0.05, 0) is 47.5 Å². The number of benzene rings is 2. The van der Waals surface area contributed by atoms with Gasteiger partial charge in [0.1, 0.15) is 5.75 Å². The van der Waals surface area contributed by atoms with Gasteiger partial charge in [-0.25, -0.2) is 5.01 Å². The molecule has 1 aliphatic heterocycles. The summed E-state index contributed by atoms with van der Waals surface area (Å²) in [6.45, 7) is 2.19. The topological polar surface area (TPSA) is 102 Å². The monoisotopic (exact) mass is 628 g/mol. The average molecular weight is 629 g/mol. The number of ether oxygens (including phenoxy) is 1. The Kier molecular flexibility index (Phi) is 8.68. The first-order valence-corrected chi connectivity index (χ1v) is 16.3. The van der Waals surface area contributed by atoms with Crippen LogP contribution in [0.5, 0.6) is 5.75 Å². The second-order valence-corrected chi connectivity index (χ2v) is 12.6. The van der Waals surface area contributed by atoms with Crippen molar-refractivity contribution < 1.29 is 14.3 Å². The summed E-state index contributed by atoms with van der Waals surface area (Å²) >= 11 is 4.26. The van der Waals surface area contributed by atoms with E-state index in [4.69, 9.17) is 9.84 Å². The molecule has 218 valence electrons. The summed E-state index contributed by atoms with van der Waals surface area (Å²) in [7, 11) is 1.60. The van der Waals surface area contributed by atoms with Crippen molar-refractivity contribution in [2.75, 3.05) is 12.9 Å². The Bertz CT molecular complexity index is 1750. The van der Waals surface area contributed by atoms with E-state index in [0.717, 1.165) is 21.7 Å². The highest BCUT2D eigenvalue weighted by atomic mass is 32.2. The smallest absolute Gasteiger partial charge is 0.261 e. The number of carbonyl (C=O) groups is 2. The number of hydrogen-bond donors (Lipinski definition) is 1. The van der Waals surface area contributed by atoms with E-state index >= 15 is 0 Å². The number of para-hydroxylation sites is 2. The van der Waals surface area contributed by atoms with Crippen molar-refractivity contribution in [2.45, 2.75) is 31.1 Å². The van der Waals surface area contributed by atoms with Gasteiger partial charge in [0.25, 0.3) is 11.8 Å². The maximum Gasteiger partial charge on any atom is 0.261 e.